The van der Waals surface area contributed by atoms with Crippen LogP contribution in [0.3, 0.4) is 0 Å². The first-order chi connectivity index (χ1) is 24.3. The molecular weight excluding hydrogens is 615 g/mol. The summed E-state index contributed by atoms with van der Waals surface area (Å²) >= 11 is 1.86. The van der Waals surface area contributed by atoms with Gasteiger partial charge in [-0.15, -0.1) is 11.3 Å². The van der Waals surface area contributed by atoms with E-state index in [1.165, 1.54) is 63.6 Å². The molecule has 0 aliphatic carbocycles. The van der Waals surface area contributed by atoms with E-state index in [2.05, 4.69) is 157 Å². The maximum absolute atomic E-state index is 5.27. The van der Waals surface area contributed by atoms with Crippen molar-refractivity contribution in [3.05, 3.63) is 180 Å². The summed E-state index contributed by atoms with van der Waals surface area (Å²) in [6.07, 6.45) is -0.263. The van der Waals surface area contributed by atoms with E-state index in [9.17, 15) is 0 Å². The molecule has 1 aliphatic rings. The second-order valence-electron chi connectivity index (χ2n) is 12.6. The number of thiophene rings is 1. The van der Waals surface area contributed by atoms with Crippen molar-refractivity contribution in [1.82, 2.24) is 5.32 Å². The highest BCUT2D eigenvalue weighted by atomic mass is 32.1. The molecule has 2 heterocycles. The molecular formula is C45H29N3S. The maximum Gasteiger partial charge on any atom is 0.160 e. The third-order valence-electron chi connectivity index (χ3n) is 9.72. The molecule has 230 valence electrons. The lowest BCUT2D eigenvalue weighted by molar-refractivity contribution is 0.674. The lowest BCUT2D eigenvalue weighted by Gasteiger charge is -2.24. The van der Waals surface area contributed by atoms with E-state index >= 15 is 0 Å². The molecule has 1 atom stereocenters. The first-order valence-corrected chi connectivity index (χ1v) is 17.4. The molecule has 10 rings (SSSR count). The fraction of sp³-hybridized carbons (Fsp3) is 0.0222. The van der Waals surface area contributed by atoms with Gasteiger partial charge in [-0.3, -0.25) is 0 Å². The second-order valence-corrected chi connectivity index (χ2v) is 13.7. The SMILES string of the molecule is c1ccc(C2=NC(c3cccc4c5ccccc5c5cc(-c6ccc7sc8ccccc8c7c6)ccc5c34)=NC(c3ccccc3)N2)cc1. The molecule has 0 radical (unpaired) electrons. The third kappa shape index (κ3) is 4.64. The molecule has 8 aromatic carbocycles. The fourth-order valence-electron chi connectivity index (χ4n) is 7.39. The quantitative estimate of drug-likeness (QED) is 0.190. The van der Waals surface area contributed by atoms with E-state index in [-0.39, 0.29) is 6.17 Å². The van der Waals surface area contributed by atoms with Crippen molar-refractivity contribution in [2.45, 2.75) is 6.17 Å². The molecule has 0 amide bonds. The van der Waals surface area contributed by atoms with Crippen LogP contribution in [0.4, 0.5) is 0 Å². The average Bonchev–Trinajstić information content (AvgIpc) is 3.56. The van der Waals surface area contributed by atoms with Gasteiger partial charge in [0.1, 0.15) is 12.0 Å². The van der Waals surface area contributed by atoms with Crippen LogP contribution in [0.5, 0.6) is 0 Å². The van der Waals surface area contributed by atoms with Crippen LogP contribution in [-0.2, 0) is 0 Å². The number of rotatable bonds is 4. The number of amidine groups is 2. The first-order valence-electron chi connectivity index (χ1n) is 16.6. The Kier molecular flexibility index (Phi) is 6.42. The Balaban J connectivity index is 1.21. The van der Waals surface area contributed by atoms with Crippen LogP contribution in [0, 0.1) is 0 Å². The van der Waals surface area contributed by atoms with Crippen molar-refractivity contribution >= 4 is 75.5 Å². The second kappa shape index (κ2) is 11.3. The minimum Gasteiger partial charge on any atom is -0.344 e. The number of fused-ring (bicyclic) bond motifs is 9. The van der Waals surface area contributed by atoms with Crippen LogP contribution in [0.2, 0.25) is 0 Å². The Morgan fingerprint density at radius 1 is 0.449 bits per heavy atom. The summed E-state index contributed by atoms with van der Waals surface area (Å²) in [7, 11) is 0. The molecule has 1 aliphatic heterocycles. The zero-order valence-electron chi connectivity index (χ0n) is 26.5. The lowest BCUT2D eigenvalue weighted by atomic mass is 9.89. The highest BCUT2D eigenvalue weighted by Crippen LogP contribution is 2.41. The molecule has 9 aromatic rings. The minimum atomic E-state index is -0.263. The van der Waals surface area contributed by atoms with Crippen molar-refractivity contribution < 1.29 is 0 Å². The van der Waals surface area contributed by atoms with Gasteiger partial charge in [0, 0.05) is 36.7 Å². The summed E-state index contributed by atoms with van der Waals surface area (Å²) < 4.78 is 2.64. The highest BCUT2D eigenvalue weighted by Gasteiger charge is 2.23. The Morgan fingerprint density at radius 3 is 1.88 bits per heavy atom. The standard InChI is InChI=1S/C45H29N3S/c1-3-12-28(13-4-1)43-46-44(29-14-5-2-6-15-29)48-45(47-43)37-20-11-19-35-32-16-7-8-17-33(32)38-26-30(22-24-36(38)42(35)37)31-23-25-41-39(27-31)34-18-9-10-21-40(34)49-41/h1-27,43H,(H,46,47,48). The van der Waals surface area contributed by atoms with Gasteiger partial charge >= 0.3 is 0 Å². The van der Waals surface area contributed by atoms with Crippen LogP contribution in [0.25, 0.3) is 63.6 Å². The van der Waals surface area contributed by atoms with E-state index < -0.39 is 0 Å². The number of nitrogens with zero attached hydrogens (tertiary/aromatic N) is 2. The van der Waals surface area contributed by atoms with Crippen molar-refractivity contribution in [2.24, 2.45) is 9.98 Å². The van der Waals surface area contributed by atoms with Crippen LogP contribution in [0.1, 0.15) is 22.9 Å². The summed E-state index contributed by atoms with van der Waals surface area (Å²) in [6, 6.07) is 58.6. The van der Waals surface area contributed by atoms with E-state index in [4.69, 9.17) is 9.98 Å². The molecule has 1 unspecified atom stereocenters. The normalized spacial score (nSPS) is 14.7. The Hall–Kier alpha value is -6.10. The van der Waals surface area contributed by atoms with Crippen molar-refractivity contribution in [2.75, 3.05) is 0 Å². The Bertz CT molecular complexity index is 2800. The monoisotopic (exact) mass is 643 g/mol. The summed E-state index contributed by atoms with van der Waals surface area (Å²) in [4.78, 5) is 10.5. The van der Waals surface area contributed by atoms with E-state index in [1.54, 1.807) is 0 Å². The van der Waals surface area contributed by atoms with Gasteiger partial charge in [0.15, 0.2) is 5.84 Å². The zero-order valence-corrected chi connectivity index (χ0v) is 27.3. The van der Waals surface area contributed by atoms with Gasteiger partial charge in [0.2, 0.25) is 0 Å². The summed E-state index contributed by atoms with van der Waals surface area (Å²) in [5.74, 6) is 1.55. The van der Waals surface area contributed by atoms with Gasteiger partial charge in [-0.2, -0.15) is 0 Å². The van der Waals surface area contributed by atoms with Crippen LogP contribution >= 0.6 is 11.3 Å². The summed E-state index contributed by atoms with van der Waals surface area (Å²) in [5.41, 5.74) is 5.59. The Labute approximate surface area is 287 Å². The van der Waals surface area contributed by atoms with Crippen LogP contribution in [-0.4, -0.2) is 11.7 Å². The predicted octanol–water partition coefficient (Wildman–Crippen LogP) is 11.7. The van der Waals surface area contributed by atoms with Gasteiger partial charge in [0.25, 0.3) is 0 Å². The lowest BCUT2D eigenvalue weighted by Crippen LogP contribution is -2.33. The predicted molar refractivity (Wildman–Crippen MR) is 209 cm³/mol. The number of aliphatic imine (C=N–C) groups is 2. The van der Waals surface area contributed by atoms with E-state index in [1.807, 2.05) is 23.5 Å². The van der Waals surface area contributed by atoms with Gasteiger partial charge in [0.05, 0.1) is 0 Å². The Morgan fingerprint density at radius 2 is 1.06 bits per heavy atom. The molecule has 0 fully saturated rings. The fourth-order valence-corrected chi connectivity index (χ4v) is 8.48. The third-order valence-corrected chi connectivity index (χ3v) is 10.9. The first kappa shape index (κ1) is 28.0. The van der Waals surface area contributed by atoms with E-state index in [0.29, 0.717) is 0 Å². The van der Waals surface area contributed by atoms with Crippen LogP contribution in [0.15, 0.2) is 174 Å². The number of hydrogen-bond acceptors (Lipinski definition) is 4. The van der Waals surface area contributed by atoms with Gasteiger partial charge in [-0.05, 0) is 67.9 Å². The molecule has 4 heteroatoms. The van der Waals surface area contributed by atoms with Gasteiger partial charge in [-0.25, -0.2) is 9.98 Å². The number of nitrogens with one attached hydrogen (secondary N) is 1. The summed E-state index contributed by atoms with van der Waals surface area (Å²) in [5, 5.41) is 13.5. The molecule has 0 spiro atoms. The topological polar surface area (TPSA) is 36.8 Å². The van der Waals surface area contributed by atoms with Crippen molar-refractivity contribution in [3.8, 4) is 11.1 Å². The molecule has 49 heavy (non-hydrogen) atoms. The number of hydrogen-bond donors (Lipinski definition) is 1. The number of benzene rings is 8. The van der Waals surface area contributed by atoms with Gasteiger partial charge < -0.3 is 5.32 Å². The minimum absolute atomic E-state index is 0.263. The molecule has 1 aromatic heterocycles. The molecule has 1 N–H and O–H groups in total. The highest BCUT2D eigenvalue weighted by molar-refractivity contribution is 7.25. The van der Waals surface area contributed by atoms with Crippen molar-refractivity contribution in [1.29, 1.82) is 0 Å². The summed E-state index contributed by atoms with van der Waals surface area (Å²) in [6.45, 7) is 0. The molecule has 0 saturated carbocycles. The zero-order chi connectivity index (χ0) is 32.3. The maximum atomic E-state index is 5.27. The molecule has 3 nitrogen and oxygen atoms in total. The van der Waals surface area contributed by atoms with Crippen LogP contribution < -0.4 is 5.32 Å². The largest absolute Gasteiger partial charge is 0.344 e. The smallest absolute Gasteiger partial charge is 0.160 e. The molecule has 0 saturated heterocycles. The van der Waals surface area contributed by atoms with E-state index in [0.717, 1.165) is 28.4 Å². The molecule has 0 bridgehead atoms. The average molecular weight is 644 g/mol. The van der Waals surface area contributed by atoms with Gasteiger partial charge in [-0.1, -0.05) is 140 Å². The van der Waals surface area contributed by atoms with Crippen molar-refractivity contribution in [3.63, 3.8) is 0 Å².